The monoisotopic (exact) mass is 520 g/mol. The van der Waals surface area contributed by atoms with Gasteiger partial charge < -0.3 is 9.15 Å². The van der Waals surface area contributed by atoms with Crippen molar-refractivity contribution in [2.75, 3.05) is 7.11 Å². The lowest BCUT2D eigenvalue weighted by molar-refractivity contribution is -0.384. The number of benzene rings is 4. The summed E-state index contributed by atoms with van der Waals surface area (Å²) in [5.74, 6) is 1.28. The Morgan fingerprint density at radius 1 is 0.974 bits per heavy atom. The zero-order valence-electron chi connectivity index (χ0n) is 20.1. The molecule has 186 valence electrons. The molecule has 0 atom stereocenters. The highest BCUT2D eigenvalue weighted by molar-refractivity contribution is 7.07. The zero-order valence-corrected chi connectivity index (χ0v) is 21.0. The van der Waals surface area contributed by atoms with Crippen LogP contribution in [0.1, 0.15) is 5.56 Å². The van der Waals surface area contributed by atoms with E-state index in [1.807, 2.05) is 72.1 Å². The van der Waals surface area contributed by atoms with E-state index in [9.17, 15) is 10.1 Å². The minimum atomic E-state index is -0.443. The first-order valence-corrected chi connectivity index (χ1v) is 12.6. The summed E-state index contributed by atoms with van der Waals surface area (Å²) in [5, 5.41) is 21.3. The Hall–Kier alpha value is -5.02. The van der Waals surface area contributed by atoms with Crippen molar-refractivity contribution in [3.05, 3.63) is 117 Å². The average molecular weight is 521 g/mol. The molecule has 2 heterocycles. The van der Waals surface area contributed by atoms with Crippen molar-refractivity contribution in [1.82, 2.24) is 4.68 Å². The molecule has 0 aliphatic carbocycles. The van der Waals surface area contributed by atoms with Gasteiger partial charge in [-0.05, 0) is 35.0 Å². The van der Waals surface area contributed by atoms with E-state index in [-0.39, 0.29) is 11.4 Å². The molecule has 0 N–H and O–H groups in total. The number of methoxy groups -OCH3 is 1. The molecule has 0 radical (unpaired) electrons. The number of para-hydroxylation sites is 3. The van der Waals surface area contributed by atoms with Gasteiger partial charge in [-0.25, -0.2) is 9.67 Å². The first-order chi connectivity index (χ1) is 18.6. The average Bonchev–Trinajstić information content (AvgIpc) is 3.55. The van der Waals surface area contributed by atoms with Crippen molar-refractivity contribution in [3.8, 4) is 17.2 Å². The lowest BCUT2D eigenvalue weighted by Crippen LogP contribution is -2.11. The number of fused-ring (bicyclic) bond motifs is 2. The molecule has 38 heavy (non-hydrogen) atoms. The van der Waals surface area contributed by atoms with Gasteiger partial charge in [0.15, 0.2) is 5.76 Å². The number of ether oxygens (including phenoxy) is 1. The van der Waals surface area contributed by atoms with Crippen LogP contribution in [0.4, 0.5) is 11.4 Å². The second-order valence-electron chi connectivity index (χ2n) is 8.37. The highest BCUT2D eigenvalue weighted by Gasteiger charge is 2.16. The summed E-state index contributed by atoms with van der Waals surface area (Å²) >= 11 is 1.31. The molecular weight excluding hydrogens is 500 g/mol. The van der Waals surface area contributed by atoms with E-state index in [1.54, 1.807) is 36.2 Å². The van der Waals surface area contributed by atoms with Gasteiger partial charge in [-0.2, -0.15) is 5.10 Å². The summed E-state index contributed by atoms with van der Waals surface area (Å²) in [4.78, 5) is 16.3. The number of furan rings is 1. The van der Waals surface area contributed by atoms with Gasteiger partial charge in [0, 0.05) is 22.4 Å². The van der Waals surface area contributed by atoms with Crippen LogP contribution >= 0.6 is 11.3 Å². The van der Waals surface area contributed by atoms with Gasteiger partial charge in [0.05, 0.1) is 18.2 Å². The summed E-state index contributed by atoms with van der Waals surface area (Å²) in [6, 6.07) is 27.9. The maximum absolute atomic E-state index is 11.6. The predicted octanol–water partition coefficient (Wildman–Crippen LogP) is 7.15. The molecule has 0 spiro atoms. The molecule has 0 bridgehead atoms. The van der Waals surface area contributed by atoms with Gasteiger partial charge >= 0.3 is 0 Å². The third-order valence-electron chi connectivity index (χ3n) is 6.11. The smallest absolute Gasteiger partial charge is 0.294 e. The molecule has 2 aromatic heterocycles. The molecule has 8 nitrogen and oxygen atoms in total. The summed E-state index contributed by atoms with van der Waals surface area (Å²) < 4.78 is 13.4. The molecule has 0 amide bonds. The first-order valence-electron chi connectivity index (χ1n) is 11.7. The van der Waals surface area contributed by atoms with Crippen LogP contribution in [0.5, 0.6) is 5.75 Å². The van der Waals surface area contributed by atoms with Crippen LogP contribution in [0.15, 0.2) is 111 Å². The molecule has 0 saturated heterocycles. The van der Waals surface area contributed by atoms with Gasteiger partial charge in [0.25, 0.3) is 5.69 Å². The number of nitrogens with zero attached hydrogens (tertiary/aromatic N) is 4. The van der Waals surface area contributed by atoms with E-state index in [4.69, 9.17) is 14.3 Å². The Labute approximate surface area is 220 Å². The number of rotatable bonds is 6. The van der Waals surface area contributed by atoms with Crippen LogP contribution in [0, 0.1) is 10.1 Å². The molecule has 9 heteroatoms. The van der Waals surface area contributed by atoms with Gasteiger partial charge in [-0.1, -0.05) is 60.7 Å². The molecule has 6 rings (SSSR count). The molecule has 4 aromatic carbocycles. The SMILES string of the molecule is COc1ccc2ccccc2c1C=Nn1c(-c2cc3ccccc3o2)csc1=Nc1ccccc1[N+](=O)[O-]. The van der Waals surface area contributed by atoms with Gasteiger partial charge in [0.2, 0.25) is 4.80 Å². The summed E-state index contributed by atoms with van der Waals surface area (Å²) in [5.41, 5.74) is 2.37. The van der Waals surface area contributed by atoms with E-state index in [0.717, 1.165) is 27.3 Å². The van der Waals surface area contributed by atoms with Gasteiger partial charge in [0.1, 0.15) is 22.7 Å². The fourth-order valence-corrected chi connectivity index (χ4v) is 5.12. The third-order valence-corrected chi connectivity index (χ3v) is 6.93. The molecule has 0 unspecified atom stereocenters. The van der Waals surface area contributed by atoms with Crippen molar-refractivity contribution < 1.29 is 14.1 Å². The van der Waals surface area contributed by atoms with Crippen LogP contribution in [0.2, 0.25) is 0 Å². The highest BCUT2D eigenvalue weighted by atomic mass is 32.1. The Bertz CT molecular complexity index is 1880. The molecule has 0 fully saturated rings. The number of hydrogen-bond acceptors (Lipinski definition) is 7. The number of thiazole rings is 1. The van der Waals surface area contributed by atoms with Crippen molar-refractivity contribution in [2.45, 2.75) is 0 Å². The summed E-state index contributed by atoms with van der Waals surface area (Å²) in [6.07, 6.45) is 1.72. The fourth-order valence-electron chi connectivity index (χ4n) is 4.29. The Morgan fingerprint density at radius 2 is 1.74 bits per heavy atom. The maximum atomic E-state index is 11.6. The topological polar surface area (TPSA) is 95.2 Å². The van der Waals surface area contributed by atoms with E-state index in [2.05, 4.69) is 4.99 Å². The third kappa shape index (κ3) is 4.25. The quantitative estimate of drug-likeness (QED) is 0.132. The highest BCUT2D eigenvalue weighted by Crippen LogP contribution is 2.31. The minimum absolute atomic E-state index is 0.0857. The molecule has 0 saturated carbocycles. The van der Waals surface area contributed by atoms with Crippen LogP contribution < -0.4 is 9.54 Å². The van der Waals surface area contributed by atoms with Crippen molar-refractivity contribution in [3.63, 3.8) is 0 Å². The molecule has 0 aliphatic rings. The van der Waals surface area contributed by atoms with Crippen LogP contribution in [0.25, 0.3) is 33.2 Å². The Balaban J connectivity index is 1.57. The number of nitro benzene ring substituents is 1. The summed E-state index contributed by atoms with van der Waals surface area (Å²) in [6.45, 7) is 0. The van der Waals surface area contributed by atoms with Gasteiger partial charge in [-0.15, -0.1) is 11.3 Å². The number of hydrogen-bond donors (Lipinski definition) is 0. The fraction of sp³-hybridized carbons (Fsp3) is 0.0345. The number of nitro groups is 1. The predicted molar refractivity (Wildman–Crippen MR) is 149 cm³/mol. The first kappa shape index (κ1) is 23.4. The lowest BCUT2D eigenvalue weighted by atomic mass is 10.0. The van der Waals surface area contributed by atoms with E-state index < -0.39 is 4.92 Å². The molecule has 0 aliphatic heterocycles. The largest absolute Gasteiger partial charge is 0.496 e. The van der Waals surface area contributed by atoms with E-state index in [0.29, 0.717) is 22.0 Å². The zero-order chi connectivity index (χ0) is 26.1. The normalized spacial score (nSPS) is 12.1. The van der Waals surface area contributed by atoms with Crippen LogP contribution in [-0.2, 0) is 0 Å². The standard InChI is InChI=1S/C29H20N4O4S/c1-36-27-15-14-19-8-2-4-10-21(19)22(27)17-30-32-25(28-16-20-9-3-7-13-26(20)37-28)18-38-29(32)31-23-11-5-6-12-24(23)33(34)35/h2-18H,1H3. The second kappa shape index (κ2) is 9.79. The molecular formula is C29H20N4O4S. The van der Waals surface area contributed by atoms with Crippen LogP contribution in [-0.4, -0.2) is 22.9 Å². The Morgan fingerprint density at radius 3 is 2.55 bits per heavy atom. The molecule has 6 aromatic rings. The van der Waals surface area contributed by atoms with Crippen LogP contribution in [0.3, 0.4) is 0 Å². The second-order valence-corrected chi connectivity index (χ2v) is 9.21. The lowest BCUT2D eigenvalue weighted by Gasteiger charge is -2.08. The number of aromatic nitrogens is 1. The Kier molecular flexibility index (Phi) is 6.03. The van der Waals surface area contributed by atoms with Crippen molar-refractivity contribution in [2.24, 2.45) is 10.1 Å². The van der Waals surface area contributed by atoms with E-state index in [1.165, 1.54) is 17.4 Å². The van der Waals surface area contributed by atoms with E-state index >= 15 is 0 Å². The van der Waals surface area contributed by atoms with Gasteiger partial charge in [-0.3, -0.25) is 10.1 Å². The van der Waals surface area contributed by atoms with Crippen molar-refractivity contribution in [1.29, 1.82) is 0 Å². The summed E-state index contributed by atoms with van der Waals surface area (Å²) in [7, 11) is 1.62. The maximum Gasteiger partial charge on any atom is 0.294 e. The minimum Gasteiger partial charge on any atom is -0.496 e. The van der Waals surface area contributed by atoms with Crippen molar-refractivity contribution >= 4 is 50.7 Å².